The molecule has 1 fully saturated rings. The average molecular weight is 396 g/mol. The summed E-state index contributed by atoms with van der Waals surface area (Å²) < 4.78 is 0. The van der Waals surface area contributed by atoms with Crippen molar-refractivity contribution in [3.05, 3.63) is 55.5 Å². The standard InChI is InChI=1S/C20H24N6O3/c1-12-14(10-21)6-7-17(22-12)25(3)11-15-5-4-8-26(15)18(27)9-16-13(2)23-20(29)24-19(16)28/h6-7,15H,4-5,8-9,11H2,1-3H3,(H2,23,24,28,29). The number of nitrogens with zero attached hydrogens (tertiary/aromatic N) is 4. The summed E-state index contributed by atoms with van der Waals surface area (Å²) in [6.07, 6.45) is 1.71. The Labute approximate surface area is 168 Å². The highest BCUT2D eigenvalue weighted by Crippen LogP contribution is 2.22. The second-order valence-electron chi connectivity index (χ2n) is 7.37. The van der Waals surface area contributed by atoms with Crippen LogP contribution in [-0.2, 0) is 11.2 Å². The Morgan fingerprint density at radius 1 is 1.34 bits per heavy atom. The van der Waals surface area contributed by atoms with Crippen molar-refractivity contribution in [3.8, 4) is 6.07 Å². The second-order valence-corrected chi connectivity index (χ2v) is 7.37. The molecule has 29 heavy (non-hydrogen) atoms. The average Bonchev–Trinajstić information content (AvgIpc) is 3.12. The molecule has 0 bridgehead atoms. The minimum Gasteiger partial charge on any atom is -0.358 e. The molecule has 1 aliphatic rings. The van der Waals surface area contributed by atoms with Crippen molar-refractivity contribution in [1.29, 1.82) is 5.26 Å². The van der Waals surface area contributed by atoms with Gasteiger partial charge < -0.3 is 14.8 Å². The molecule has 1 aliphatic heterocycles. The lowest BCUT2D eigenvalue weighted by Gasteiger charge is -2.29. The Morgan fingerprint density at radius 3 is 2.76 bits per heavy atom. The number of nitrogens with one attached hydrogen (secondary N) is 2. The van der Waals surface area contributed by atoms with Gasteiger partial charge in [-0.2, -0.15) is 5.26 Å². The maximum Gasteiger partial charge on any atom is 0.325 e. The molecule has 1 atom stereocenters. The van der Waals surface area contributed by atoms with Crippen LogP contribution in [0.25, 0.3) is 0 Å². The highest BCUT2D eigenvalue weighted by molar-refractivity contribution is 5.79. The van der Waals surface area contributed by atoms with Crippen molar-refractivity contribution in [3.63, 3.8) is 0 Å². The smallest absolute Gasteiger partial charge is 0.325 e. The normalized spacial score (nSPS) is 15.9. The zero-order chi connectivity index (χ0) is 21.1. The van der Waals surface area contributed by atoms with Gasteiger partial charge in [0.05, 0.1) is 17.7 Å². The molecular formula is C20H24N6O3. The Kier molecular flexibility index (Phi) is 5.82. The molecule has 3 rings (SSSR count). The van der Waals surface area contributed by atoms with Gasteiger partial charge in [0, 0.05) is 37.4 Å². The van der Waals surface area contributed by atoms with Crippen molar-refractivity contribution in [2.24, 2.45) is 0 Å². The molecule has 3 heterocycles. The summed E-state index contributed by atoms with van der Waals surface area (Å²) in [4.78, 5) is 49.2. The molecule has 2 N–H and O–H groups in total. The number of nitriles is 1. The first kappa shape index (κ1) is 20.3. The minimum absolute atomic E-state index is 0.00685. The number of aromatic amines is 2. The fourth-order valence-electron chi connectivity index (χ4n) is 3.73. The van der Waals surface area contributed by atoms with Crippen molar-refractivity contribution >= 4 is 11.7 Å². The van der Waals surface area contributed by atoms with Crippen LogP contribution in [0.3, 0.4) is 0 Å². The Morgan fingerprint density at radius 2 is 2.10 bits per heavy atom. The number of H-pyrrole nitrogens is 2. The van der Waals surface area contributed by atoms with Crippen molar-refractivity contribution < 1.29 is 4.79 Å². The Balaban J connectivity index is 1.72. The van der Waals surface area contributed by atoms with E-state index in [1.165, 1.54) is 0 Å². The molecule has 2 aromatic heterocycles. The first-order chi connectivity index (χ1) is 13.8. The summed E-state index contributed by atoms with van der Waals surface area (Å²) >= 11 is 0. The van der Waals surface area contributed by atoms with Gasteiger partial charge in [-0.25, -0.2) is 9.78 Å². The SMILES string of the molecule is Cc1nc(N(C)CC2CCCN2C(=O)Cc2c(C)[nH]c(=O)[nH]c2=O)ccc1C#N. The van der Waals surface area contributed by atoms with Crippen LogP contribution < -0.4 is 16.1 Å². The summed E-state index contributed by atoms with van der Waals surface area (Å²) in [6.45, 7) is 4.65. The van der Waals surface area contributed by atoms with Gasteiger partial charge in [0.25, 0.3) is 5.56 Å². The van der Waals surface area contributed by atoms with Gasteiger partial charge in [0.1, 0.15) is 11.9 Å². The van der Waals surface area contributed by atoms with Gasteiger partial charge in [0.15, 0.2) is 0 Å². The maximum absolute atomic E-state index is 12.9. The number of aromatic nitrogens is 3. The largest absolute Gasteiger partial charge is 0.358 e. The summed E-state index contributed by atoms with van der Waals surface area (Å²) in [5.41, 5.74) is 0.819. The summed E-state index contributed by atoms with van der Waals surface area (Å²) in [7, 11) is 1.91. The van der Waals surface area contributed by atoms with Crippen LogP contribution in [0.15, 0.2) is 21.7 Å². The number of likely N-dealkylation sites (tertiary alicyclic amines) is 1. The molecule has 0 saturated carbocycles. The Bertz CT molecular complexity index is 1080. The fourth-order valence-corrected chi connectivity index (χ4v) is 3.73. The van der Waals surface area contributed by atoms with Crippen LogP contribution in [0.1, 0.15) is 35.4 Å². The predicted molar refractivity (Wildman–Crippen MR) is 108 cm³/mol. The van der Waals surface area contributed by atoms with Gasteiger partial charge in [-0.15, -0.1) is 0 Å². The van der Waals surface area contributed by atoms with Crippen LogP contribution >= 0.6 is 0 Å². The number of carbonyl (C=O) groups excluding carboxylic acids is 1. The number of hydrogen-bond acceptors (Lipinski definition) is 6. The number of carbonyl (C=O) groups is 1. The zero-order valence-electron chi connectivity index (χ0n) is 16.8. The topological polar surface area (TPSA) is 126 Å². The third-order valence-electron chi connectivity index (χ3n) is 5.35. The van der Waals surface area contributed by atoms with Crippen molar-refractivity contribution in [2.75, 3.05) is 25.0 Å². The van der Waals surface area contributed by atoms with Crippen LogP contribution in [0, 0.1) is 25.2 Å². The first-order valence-electron chi connectivity index (χ1n) is 9.50. The van der Waals surface area contributed by atoms with Crippen molar-refractivity contribution in [1.82, 2.24) is 19.9 Å². The number of rotatable bonds is 5. The van der Waals surface area contributed by atoms with Gasteiger partial charge in [-0.3, -0.25) is 14.6 Å². The van der Waals surface area contributed by atoms with E-state index in [1.54, 1.807) is 30.9 Å². The second kappa shape index (κ2) is 8.31. The number of anilines is 1. The molecule has 9 heteroatoms. The van der Waals surface area contributed by atoms with Gasteiger partial charge in [-0.05, 0) is 38.8 Å². The maximum atomic E-state index is 12.9. The van der Waals surface area contributed by atoms with E-state index in [0.29, 0.717) is 30.0 Å². The van der Waals surface area contributed by atoms with E-state index in [2.05, 4.69) is 21.0 Å². The summed E-state index contributed by atoms with van der Waals surface area (Å²) in [6, 6.07) is 5.66. The molecule has 0 radical (unpaired) electrons. The highest BCUT2D eigenvalue weighted by Gasteiger charge is 2.30. The summed E-state index contributed by atoms with van der Waals surface area (Å²) in [5.74, 6) is 0.610. The number of aryl methyl sites for hydroxylation is 2. The van der Waals surface area contributed by atoms with E-state index in [4.69, 9.17) is 5.26 Å². The van der Waals surface area contributed by atoms with Crippen LogP contribution in [0.4, 0.5) is 5.82 Å². The van der Waals surface area contributed by atoms with Gasteiger partial charge in [-0.1, -0.05) is 0 Å². The number of pyridine rings is 1. The van der Waals surface area contributed by atoms with Crippen LogP contribution in [0.2, 0.25) is 0 Å². The van der Waals surface area contributed by atoms with Crippen LogP contribution in [-0.4, -0.2) is 51.9 Å². The minimum atomic E-state index is -0.574. The molecule has 152 valence electrons. The van der Waals surface area contributed by atoms with E-state index in [1.807, 2.05) is 11.9 Å². The Hall–Kier alpha value is -3.41. The molecular weight excluding hydrogens is 372 g/mol. The van der Waals surface area contributed by atoms with E-state index in [-0.39, 0.29) is 23.9 Å². The van der Waals surface area contributed by atoms with E-state index < -0.39 is 11.2 Å². The molecule has 9 nitrogen and oxygen atoms in total. The zero-order valence-corrected chi connectivity index (χ0v) is 16.8. The monoisotopic (exact) mass is 396 g/mol. The van der Waals surface area contributed by atoms with E-state index in [9.17, 15) is 14.4 Å². The predicted octanol–water partition coefficient (Wildman–Crippen LogP) is 0.617. The van der Waals surface area contributed by atoms with Gasteiger partial charge in [0.2, 0.25) is 5.91 Å². The van der Waals surface area contributed by atoms with Crippen molar-refractivity contribution in [2.45, 2.75) is 39.2 Å². The summed E-state index contributed by atoms with van der Waals surface area (Å²) in [5, 5.41) is 9.06. The lowest BCUT2D eigenvalue weighted by atomic mass is 10.1. The molecule has 1 saturated heterocycles. The fraction of sp³-hybridized carbons (Fsp3) is 0.450. The molecule has 0 aliphatic carbocycles. The molecule has 0 spiro atoms. The van der Waals surface area contributed by atoms with E-state index in [0.717, 1.165) is 18.7 Å². The third-order valence-corrected chi connectivity index (χ3v) is 5.35. The first-order valence-corrected chi connectivity index (χ1v) is 9.50. The lowest BCUT2D eigenvalue weighted by molar-refractivity contribution is -0.131. The quantitative estimate of drug-likeness (QED) is 0.763. The van der Waals surface area contributed by atoms with Gasteiger partial charge >= 0.3 is 5.69 Å². The van der Waals surface area contributed by atoms with Crippen LogP contribution in [0.5, 0.6) is 0 Å². The highest BCUT2D eigenvalue weighted by atomic mass is 16.2. The lowest BCUT2D eigenvalue weighted by Crippen LogP contribution is -2.44. The number of likely N-dealkylation sites (N-methyl/N-ethyl adjacent to an activating group) is 1. The molecule has 0 aromatic carbocycles. The molecule has 1 amide bonds. The number of amides is 1. The number of hydrogen-bond donors (Lipinski definition) is 2. The molecule has 1 unspecified atom stereocenters. The molecule has 2 aromatic rings. The van der Waals surface area contributed by atoms with E-state index >= 15 is 0 Å². The third kappa shape index (κ3) is 4.37.